The zero-order chi connectivity index (χ0) is 21.9. The summed E-state index contributed by atoms with van der Waals surface area (Å²) in [6, 6.07) is 5.00. The van der Waals surface area contributed by atoms with Crippen molar-refractivity contribution in [3.63, 3.8) is 0 Å². The lowest BCUT2D eigenvalue weighted by molar-refractivity contribution is -0.128. The maximum atomic E-state index is 13.2. The lowest BCUT2D eigenvalue weighted by Crippen LogP contribution is -2.56. The van der Waals surface area contributed by atoms with Gasteiger partial charge in [0, 0.05) is 30.7 Å². The van der Waals surface area contributed by atoms with Crippen LogP contribution in [0, 0.1) is 5.82 Å². The molecule has 0 radical (unpaired) electrons. The Labute approximate surface area is 176 Å². The average molecular weight is 441 g/mol. The van der Waals surface area contributed by atoms with Gasteiger partial charge in [-0.1, -0.05) is 6.92 Å². The van der Waals surface area contributed by atoms with Crippen molar-refractivity contribution in [1.29, 1.82) is 0 Å². The van der Waals surface area contributed by atoms with Crippen molar-refractivity contribution in [2.45, 2.75) is 57.3 Å². The lowest BCUT2D eigenvalue weighted by atomic mass is 9.92. The molecule has 1 saturated carbocycles. The van der Waals surface area contributed by atoms with Crippen LogP contribution in [0.25, 0.3) is 0 Å². The maximum absolute atomic E-state index is 13.2. The van der Waals surface area contributed by atoms with Crippen molar-refractivity contribution in [3.05, 3.63) is 35.6 Å². The van der Waals surface area contributed by atoms with Gasteiger partial charge in [0.1, 0.15) is 5.82 Å². The highest BCUT2D eigenvalue weighted by atomic mass is 32.2. The number of nitrogens with one attached hydrogen (secondary N) is 1. The summed E-state index contributed by atoms with van der Waals surface area (Å²) in [5.41, 5.74) is 6.12. The van der Waals surface area contributed by atoms with Gasteiger partial charge in [-0.15, -0.1) is 0 Å². The largest absolute Gasteiger partial charge is 0.350 e. The van der Waals surface area contributed by atoms with Gasteiger partial charge in [0.25, 0.3) is 11.8 Å². The van der Waals surface area contributed by atoms with Crippen LogP contribution in [-0.4, -0.2) is 66.5 Å². The molecule has 0 spiro atoms. The summed E-state index contributed by atoms with van der Waals surface area (Å²) < 4.78 is 39.9. The first-order valence-electron chi connectivity index (χ1n) is 10.3. The number of benzene rings is 1. The van der Waals surface area contributed by atoms with E-state index in [1.807, 2.05) is 0 Å². The van der Waals surface area contributed by atoms with Gasteiger partial charge in [0.15, 0.2) is 6.17 Å². The van der Waals surface area contributed by atoms with E-state index in [0.29, 0.717) is 19.3 Å². The minimum atomic E-state index is -3.71. The molecule has 3 rings (SSSR count). The fourth-order valence-corrected chi connectivity index (χ4v) is 5.68. The normalized spacial score (nSPS) is 25.3. The molecule has 1 atom stereocenters. The zero-order valence-corrected chi connectivity index (χ0v) is 17.9. The van der Waals surface area contributed by atoms with Crippen LogP contribution in [0.15, 0.2) is 24.3 Å². The number of halogens is 1. The number of amides is 2. The highest BCUT2D eigenvalue weighted by molar-refractivity contribution is 7.89. The summed E-state index contributed by atoms with van der Waals surface area (Å²) in [4.78, 5) is 27.4. The Morgan fingerprint density at radius 3 is 2.37 bits per heavy atom. The number of hydrogen-bond donors (Lipinski definition) is 2. The van der Waals surface area contributed by atoms with Crippen molar-refractivity contribution in [2.24, 2.45) is 5.73 Å². The molecule has 2 aliphatic rings. The second-order valence-electron chi connectivity index (χ2n) is 7.93. The average Bonchev–Trinajstić information content (AvgIpc) is 3.16. The quantitative estimate of drug-likeness (QED) is 0.686. The van der Waals surface area contributed by atoms with Crippen molar-refractivity contribution in [3.8, 4) is 0 Å². The minimum absolute atomic E-state index is 0.0445. The van der Waals surface area contributed by atoms with Gasteiger partial charge in [-0.25, -0.2) is 12.8 Å². The summed E-state index contributed by atoms with van der Waals surface area (Å²) in [6.07, 6.45) is 2.15. The molecule has 1 unspecified atom stereocenters. The molecule has 0 aromatic heterocycles. The second kappa shape index (κ2) is 9.40. The molecule has 30 heavy (non-hydrogen) atoms. The lowest BCUT2D eigenvalue weighted by Gasteiger charge is -2.32. The first-order chi connectivity index (χ1) is 14.2. The molecular weight excluding hydrogens is 411 g/mol. The molecule has 8 nitrogen and oxygen atoms in total. The molecule has 1 aromatic rings. The van der Waals surface area contributed by atoms with Gasteiger partial charge < -0.3 is 16.0 Å². The smallest absolute Gasteiger partial charge is 0.259 e. The van der Waals surface area contributed by atoms with Gasteiger partial charge in [-0.3, -0.25) is 9.59 Å². The van der Waals surface area contributed by atoms with E-state index in [1.54, 1.807) is 6.92 Å². The van der Waals surface area contributed by atoms with E-state index < -0.39 is 33.8 Å². The summed E-state index contributed by atoms with van der Waals surface area (Å²) in [5, 5.41) is 2.92. The van der Waals surface area contributed by atoms with E-state index in [0.717, 1.165) is 29.3 Å². The SMILES string of the molecule is CCCS(=O)(=O)N1CCN(C(=O)c2ccc(F)cc2)C1C(=O)NC1CCC(N)CC1. The standard InChI is InChI=1S/C20H29FN4O4S/c1-2-13-30(28,29)25-12-11-24(20(27)14-3-5-15(21)6-4-14)19(25)18(26)23-17-9-7-16(22)8-10-17/h3-6,16-17,19H,2,7-13,22H2,1H3,(H,23,26). The van der Waals surface area contributed by atoms with E-state index in [4.69, 9.17) is 5.73 Å². The molecular formula is C20H29FN4O4S. The Morgan fingerprint density at radius 1 is 1.13 bits per heavy atom. The molecule has 2 fully saturated rings. The molecule has 1 aromatic carbocycles. The number of carbonyl (C=O) groups excluding carboxylic acids is 2. The van der Waals surface area contributed by atoms with E-state index in [2.05, 4.69) is 5.32 Å². The van der Waals surface area contributed by atoms with Gasteiger partial charge in [-0.2, -0.15) is 4.31 Å². The Balaban J connectivity index is 1.84. The molecule has 166 valence electrons. The molecule has 0 bridgehead atoms. The highest BCUT2D eigenvalue weighted by Gasteiger charge is 2.46. The van der Waals surface area contributed by atoms with Gasteiger partial charge in [-0.05, 0) is 56.4 Å². The molecule has 2 amide bonds. The van der Waals surface area contributed by atoms with Gasteiger partial charge in [0.05, 0.1) is 5.75 Å². The van der Waals surface area contributed by atoms with Gasteiger partial charge >= 0.3 is 0 Å². The van der Waals surface area contributed by atoms with E-state index in [-0.39, 0.29) is 36.5 Å². The van der Waals surface area contributed by atoms with Crippen LogP contribution >= 0.6 is 0 Å². The van der Waals surface area contributed by atoms with E-state index >= 15 is 0 Å². The van der Waals surface area contributed by atoms with E-state index in [1.165, 1.54) is 17.0 Å². The minimum Gasteiger partial charge on any atom is -0.350 e. The third-order valence-electron chi connectivity index (χ3n) is 5.65. The topological polar surface area (TPSA) is 113 Å². The molecule has 3 N–H and O–H groups in total. The number of rotatable bonds is 6. The molecule has 1 aliphatic carbocycles. The fourth-order valence-electron chi connectivity index (χ4n) is 4.06. The third kappa shape index (κ3) is 4.98. The molecule has 10 heteroatoms. The van der Waals surface area contributed by atoms with Crippen molar-refractivity contribution in [1.82, 2.24) is 14.5 Å². The number of hydrogen-bond acceptors (Lipinski definition) is 5. The Morgan fingerprint density at radius 2 is 1.77 bits per heavy atom. The number of sulfonamides is 1. The first kappa shape index (κ1) is 22.6. The van der Waals surface area contributed by atoms with Gasteiger partial charge in [0.2, 0.25) is 10.0 Å². The highest BCUT2D eigenvalue weighted by Crippen LogP contribution is 2.24. The summed E-state index contributed by atoms with van der Waals surface area (Å²) >= 11 is 0. The van der Waals surface area contributed by atoms with Crippen LogP contribution in [0.1, 0.15) is 49.4 Å². The van der Waals surface area contributed by atoms with Crippen molar-refractivity contribution < 1.29 is 22.4 Å². The Kier molecular flexibility index (Phi) is 7.10. The fraction of sp³-hybridized carbons (Fsp3) is 0.600. The maximum Gasteiger partial charge on any atom is 0.259 e. The predicted molar refractivity (Wildman–Crippen MR) is 110 cm³/mol. The van der Waals surface area contributed by atoms with Crippen molar-refractivity contribution in [2.75, 3.05) is 18.8 Å². The number of nitrogens with zero attached hydrogens (tertiary/aromatic N) is 2. The zero-order valence-electron chi connectivity index (χ0n) is 17.1. The van der Waals surface area contributed by atoms with Crippen LogP contribution in [0.2, 0.25) is 0 Å². The molecule has 1 aliphatic heterocycles. The number of carbonyl (C=O) groups is 2. The third-order valence-corrected chi connectivity index (χ3v) is 7.67. The van der Waals surface area contributed by atoms with E-state index in [9.17, 15) is 22.4 Å². The summed E-state index contributed by atoms with van der Waals surface area (Å²) in [7, 11) is -3.71. The van der Waals surface area contributed by atoms with Crippen LogP contribution < -0.4 is 11.1 Å². The van der Waals surface area contributed by atoms with Crippen LogP contribution in [0.5, 0.6) is 0 Å². The first-order valence-corrected chi connectivity index (χ1v) is 12.0. The monoisotopic (exact) mass is 440 g/mol. The predicted octanol–water partition coefficient (Wildman–Crippen LogP) is 1.04. The summed E-state index contributed by atoms with van der Waals surface area (Å²) in [6.45, 7) is 1.88. The van der Waals surface area contributed by atoms with Crippen LogP contribution in [0.4, 0.5) is 4.39 Å². The second-order valence-corrected chi connectivity index (χ2v) is 9.97. The summed E-state index contributed by atoms with van der Waals surface area (Å²) in [5.74, 6) is -1.60. The van der Waals surface area contributed by atoms with Crippen LogP contribution in [0.3, 0.4) is 0 Å². The molecule has 1 heterocycles. The Hall–Kier alpha value is -2.04. The van der Waals surface area contributed by atoms with Crippen LogP contribution in [-0.2, 0) is 14.8 Å². The van der Waals surface area contributed by atoms with Crippen molar-refractivity contribution >= 4 is 21.8 Å². The molecule has 1 saturated heterocycles. The Bertz CT molecular complexity index is 869. The number of nitrogens with two attached hydrogens (primary N) is 1.